The number of aromatic hydroxyl groups is 1. The number of amides is 7. The normalized spacial score (nSPS) is 15.6. The van der Waals surface area contributed by atoms with Gasteiger partial charge in [0.05, 0.1) is 12.1 Å². The van der Waals surface area contributed by atoms with Crippen molar-refractivity contribution in [3.63, 3.8) is 0 Å². The summed E-state index contributed by atoms with van der Waals surface area (Å²) in [5.74, 6) is -12.5. The van der Waals surface area contributed by atoms with Crippen LogP contribution in [0.25, 0.3) is 11.1 Å². The van der Waals surface area contributed by atoms with Crippen LogP contribution in [0.4, 0.5) is 10.5 Å². The zero-order valence-electron chi connectivity index (χ0n) is 37.6. The summed E-state index contributed by atoms with van der Waals surface area (Å²) >= 11 is 0. The average molecular weight is 943 g/mol. The van der Waals surface area contributed by atoms with Crippen molar-refractivity contribution in [2.45, 2.75) is 107 Å². The standard InChI is InChI=1S/C47H58N8O13/c1-24(2)18-34(51-41(60)36(21-30(43(62)63)44(64)65)54-46(67)68-23-31-28-12-6-4-10-26(28)27-11-5-7-13-29(27)31)40(59)52-35(20-25-14-15-37(56)32(48)19-25)42(61)55-47(16-8-3-9-17-47)45(66)53-33(39(50)58)22-38(49)57/h4-7,10-15,19,24,30-31,33-36,56H,3,8-9,16-18,20-23,48H2,1-2H3,(H2,49,57)(H2,50,58)(H,51,60)(H,52,59)(H,53,66)(H,54,67)(H,55,61)(H,62,63)(H,64,65)/t33-,34-,35-,36-/m0/s1. The Morgan fingerprint density at radius 3 is 1.79 bits per heavy atom. The van der Waals surface area contributed by atoms with Crippen LogP contribution in [0.3, 0.4) is 0 Å². The predicted octanol–water partition coefficient (Wildman–Crippen LogP) is 1.28. The first-order valence-electron chi connectivity index (χ1n) is 22.2. The number of alkyl carbamates (subject to hydrolysis) is 1. The van der Waals surface area contributed by atoms with E-state index in [0.29, 0.717) is 24.8 Å². The van der Waals surface area contributed by atoms with Crippen molar-refractivity contribution in [3.8, 4) is 16.9 Å². The molecular formula is C47H58N8O13. The third-order valence-electron chi connectivity index (χ3n) is 12.1. The number of hydrogen-bond acceptors (Lipinski definition) is 12. The van der Waals surface area contributed by atoms with Gasteiger partial charge in [0.15, 0.2) is 5.92 Å². The van der Waals surface area contributed by atoms with E-state index in [-0.39, 0.29) is 49.6 Å². The van der Waals surface area contributed by atoms with E-state index in [0.717, 1.165) is 22.3 Å². The van der Waals surface area contributed by atoms with Crippen LogP contribution in [-0.2, 0) is 49.5 Å². The first-order chi connectivity index (χ1) is 32.2. The Balaban J connectivity index is 1.40. The second kappa shape index (κ2) is 22.7. The monoisotopic (exact) mass is 942 g/mol. The van der Waals surface area contributed by atoms with Crippen LogP contribution in [0.5, 0.6) is 5.75 Å². The van der Waals surface area contributed by atoms with Crippen LogP contribution in [0.1, 0.15) is 87.8 Å². The molecule has 2 aliphatic carbocycles. The summed E-state index contributed by atoms with van der Waals surface area (Å²) < 4.78 is 5.58. The number of carboxylic acid groups (broad SMARTS) is 2. The number of rotatable bonds is 22. The minimum absolute atomic E-state index is 0.0519. The first kappa shape index (κ1) is 51.3. The number of aliphatic carboxylic acids is 2. The molecule has 21 heteroatoms. The molecule has 5 rings (SSSR count). The summed E-state index contributed by atoms with van der Waals surface area (Å²) in [6.07, 6.45) is -1.28. The van der Waals surface area contributed by atoms with Gasteiger partial charge in [0.1, 0.15) is 42.1 Å². The van der Waals surface area contributed by atoms with Crippen LogP contribution < -0.4 is 43.8 Å². The fourth-order valence-electron chi connectivity index (χ4n) is 8.59. The zero-order chi connectivity index (χ0) is 49.9. The smallest absolute Gasteiger partial charge is 0.407 e. The summed E-state index contributed by atoms with van der Waals surface area (Å²) in [6, 6.07) is 12.8. The third-order valence-corrected chi connectivity index (χ3v) is 12.1. The maximum Gasteiger partial charge on any atom is 0.407 e. The summed E-state index contributed by atoms with van der Waals surface area (Å²) in [5, 5.41) is 42.2. The van der Waals surface area contributed by atoms with Gasteiger partial charge in [-0.25, -0.2) is 4.79 Å². The number of phenolic OH excluding ortho intramolecular Hbond substituents is 1. The molecule has 1 fully saturated rings. The molecule has 4 atom stereocenters. The number of carbonyl (C=O) groups is 9. The predicted molar refractivity (Wildman–Crippen MR) is 244 cm³/mol. The molecule has 21 nitrogen and oxygen atoms in total. The van der Waals surface area contributed by atoms with E-state index in [1.165, 1.54) is 18.2 Å². The Labute approximate surface area is 391 Å². The Kier molecular flexibility index (Phi) is 17.1. The van der Waals surface area contributed by atoms with E-state index >= 15 is 0 Å². The van der Waals surface area contributed by atoms with Gasteiger partial charge < -0.3 is 63.8 Å². The highest BCUT2D eigenvalue weighted by Gasteiger charge is 2.44. The van der Waals surface area contributed by atoms with Crippen LogP contribution in [0.15, 0.2) is 66.7 Å². The van der Waals surface area contributed by atoms with E-state index in [1.54, 1.807) is 13.8 Å². The Hall–Kier alpha value is -7.71. The average Bonchev–Trinajstić information content (AvgIpc) is 3.60. The fourth-order valence-corrected chi connectivity index (χ4v) is 8.59. The molecule has 0 aliphatic heterocycles. The number of ether oxygens (including phenoxy) is 1. The lowest BCUT2D eigenvalue weighted by molar-refractivity contribution is -0.155. The van der Waals surface area contributed by atoms with Crippen molar-refractivity contribution >= 4 is 59.2 Å². The van der Waals surface area contributed by atoms with Gasteiger partial charge in [0.2, 0.25) is 35.4 Å². The lowest BCUT2D eigenvalue weighted by Gasteiger charge is -2.38. The van der Waals surface area contributed by atoms with Gasteiger partial charge in [-0.15, -0.1) is 0 Å². The van der Waals surface area contributed by atoms with Crippen LogP contribution in [0.2, 0.25) is 0 Å². The van der Waals surface area contributed by atoms with Crippen LogP contribution >= 0.6 is 0 Å². The fraction of sp³-hybridized carbons (Fsp3) is 0.426. The number of fused-ring (bicyclic) bond motifs is 3. The molecule has 2 aliphatic rings. The number of nitrogens with two attached hydrogens (primary N) is 3. The molecule has 7 amide bonds. The van der Waals surface area contributed by atoms with Crippen molar-refractivity contribution in [1.29, 1.82) is 0 Å². The largest absolute Gasteiger partial charge is 0.506 e. The van der Waals surface area contributed by atoms with Crippen molar-refractivity contribution < 1.29 is 63.2 Å². The van der Waals surface area contributed by atoms with Crippen LogP contribution in [0, 0.1) is 11.8 Å². The molecule has 1 saturated carbocycles. The summed E-state index contributed by atoms with van der Waals surface area (Å²) in [5.41, 5.74) is 19.0. The number of anilines is 1. The molecule has 0 saturated heterocycles. The number of carbonyl (C=O) groups excluding carboxylic acids is 7. The SMILES string of the molecule is CC(C)C[C@H](NC(=O)[C@H](CC(C(=O)O)C(=O)O)NC(=O)OCC1c2ccccc2-c2ccccc21)C(=O)N[C@@H](Cc1ccc(O)c(N)c1)C(=O)NC1(C(=O)N[C@@H](CC(N)=O)C(N)=O)CCCCC1. The molecule has 68 heavy (non-hydrogen) atoms. The molecular weight excluding hydrogens is 885 g/mol. The van der Waals surface area contributed by atoms with E-state index in [2.05, 4.69) is 26.6 Å². The number of phenols is 1. The van der Waals surface area contributed by atoms with Gasteiger partial charge in [0, 0.05) is 18.8 Å². The first-order valence-corrected chi connectivity index (χ1v) is 22.2. The Morgan fingerprint density at radius 1 is 0.706 bits per heavy atom. The highest BCUT2D eigenvalue weighted by atomic mass is 16.5. The summed E-state index contributed by atoms with van der Waals surface area (Å²) in [6.45, 7) is 3.23. The van der Waals surface area contributed by atoms with E-state index in [9.17, 15) is 58.5 Å². The number of carboxylic acids is 2. The molecule has 0 spiro atoms. The maximum atomic E-state index is 14.4. The quantitative estimate of drug-likeness (QED) is 0.0384. The maximum absolute atomic E-state index is 14.4. The minimum atomic E-state index is -2.18. The molecule has 3 aromatic carbocycles. The van der Waals surface area contributed by atoms with Gasteiger partial charge in [-0.2, -0.15) is 0 Å². The van der Waals surface area contributed by atoms with Gasteiger partial charge in [0.25, 0.3) is 0 Å². The molecule has 0 heterocycles. The topological polar surface area (TPSA) is 362 Å². The molecule has 0 aromatic heterocycles. The molecule has 0 bridgehead atoms. The number of primary amides is 2. The Morgan fingerprint density at radius 2 is 1.26 bits per heavy atom. The second-order valence-corrected chi connectivity index (χ2v) is 17.6. The molecule has 364 valence electrons. The number of nitrogen functional groups attached to an aromatic ring is 1. The van der Waals surface area contributed by atoms with Crippen molar-refractivity contribution in [1.82, 2.24) is 26.6 Å². The lowest BCUT2D eigenvalue weighted by Crippen LogP contribution is -2.65. The van der Waals surface area contributed by atoms with E-state index in [1.807, 2.05) is 48.5 Å². The molecule has 14 N–H and O–H groups in total. The van der Waals surface area contributed by atoms with Crippen molar-refractivity contribution in [3.05, 3.63) is 83.4 Å². The van der Waals surface area contributed by atoms with E-state index in [4.69, 9.17) is 21.9 Å². The summed E-state index contributed by atoms with van der Waals surface area (Å²) in [4.78, 5) is 118. The van der Waals surface area contributed by atoms with Crippen LogP contribution in [-0.4, -0.2) is 105 Å². The molecule has 3 aromatic rings. The van der Waals surface area contributed by atoms with Gasteiger partial charge in [-0.3, -0.25) is 38.4 Å². The number of hydrogen-bond donors (Lipinski definition) is 11. The van der Waals surface area contributed by atoms with E-state index < -0.39 is 108 Å². The number of nitrogens with one attached hydrogen (secondary N) is 5. The minimum Gasteiger partial charge on any atom is -0.506 e. The van der Waals surface area contributed by atoms with Crippen molar-refractivity contribution in [2.75, 3.05) is 12.3 Å². The lowest BCUT2D eigenvalue weighted by atomic mass is 9.80. The number of benzene rings is 3. The van der Waals surface area contributed by atoms with Gasteiger partial charge in [-0.1, -0.05) is 87.7 Å². The zero-order valence-corrected chi connectivity index (χ0v) is 37.6. The highest BCUT2D eigenvalue weighted by Crippen LogP contribution is 2.44. The van der Waals surface area contributed by atoms with Gasteiger partial charge in [-0.05, 0) is 65.1 Å². The van der Waals surface area contributed by atoms with Crippen molar-refractivity contribution in [2.24, 2.45) is 23.3 Å². The highest BCUT2D eigenvalue weighted by molar-refractivity contribution is 5.99. The Bertz CT molecular complexity index is 2360. The summed E-state index contributed by atoms with van der Waals surface area (Å²) in [7, 11) is 0. The second-order valence-electron chi connectivity index (χ2n) is 17.6. The third kappa shape index (κ3) is 13.0. The molecule has 0 radical (unpaired) electrons. The molecule has 0 unspecified atom stereocenters. The van der Waals surface area contributed by atoms with Gasteiger partial charge >= 0.3 is 18.0 Å².